The highest BCUT2D eigenvalue weighted by molar-refractivity contribution is 5.96. The summed E-state index contributed by atoms with van der Waals surface area (Å²) in [6.45, 7) is 1.69. The molecule has 0 atom stereocenters. The first-order chi connectivity index (χ1) is 12.6. The van der Waals surface area contributed by atoms with Crippen molar-refractivity contribution in [3.8, 4) is 28.8 Å². The van der Waals surface area contributed by atoms with Crippen LogP contribution in [0.25, 0.3) is 16.9 Å². The summed E-state index contributed by atoms with van der Waals surface area (Å²) in [5.41, 5.74) is 3.42. The summed E-state index contributed by atoms with van der Waals surface area (Å²) >= 11 is 0. The summed E-state index contributed by atoms with van der Waals surface area (Å²) in [5, 5.41) is 13.2. The van der Waals surface area contributed by atoms with E-state index in [1.54, 1.807) is 30.1 Å². The molecule has 0 saturated carbocycles. The number of hydrogen-bond donors (Lipinski definition) is 0. The maximum atomic E-state index is 12.4. The van der Waals surface area contributed by atoms with Gasteiger partial charge in [0.15, 0.2) is 6.61 Å². The molecular formula is C20H17N3O3. The lowest BCUT2D eigenvalue weighted by Gasteiger charge is -2.04. The second-order valence-corrected chi connectivity index (χ2v) is 5.64. The van der Waals surface area contributed by atoms with Gasteiger partial charge in [-0.2, -0.15) is 10.4 Å². The minimum atomic E-state index is -0.595. The Balaban J connectivity index is 2.09. The quantitative estimate of drug-likeness (QED) is 0.660. The Morgan fingerprint density at radius 2 is 2.00 bits per heavy atom. The van der Waals surface area contributed by atoms with E-state index in [-0.39, 0.29) is 12.2 Å². The first-order valence-corrected chi connectivity index (χ1v) is 7.97. The number of ether oxygens (including phenoxy) is 2. The molecule has 0 amide bonds. The van der Waals surface area contributed by atoms with Gasteiger partial charge in [0.2, 0.25) is 0 Å². The van der Waals surface area contributed by atoms with Crippen molar-refractivity contribution < 1.29 is 14.3 Å². The van der Waals surface area contributed by atoms with E-state index >= 15 is 0 Å². The van der Waals surface area contributed by atoms with Gasteiger partial charge in [-0.25, -0.2) is 9.48 Å². The molecule has 26 heavy (non-hydrogen) atoms. The number of methoxy groups -OCH3 is 1. The predicted octanol–water partition coefficient (Wildman–Crippen LogP) is 3.54. The summed E-state index contributed by atoms with van der Waals surface area (Å²) in [6.07, 6.45) is 1.61. The van der Waals surface area contributed by atoms with Crippen LogP contribution >= 0.6 is 0 Å². The van der Waals surface area contributed by atoms with Crippen LogP contribution in [0.3, 0.4) is 0 Å². The van der Waals surface area contributed by atoms with E-state index in [9.17, 15) is 4.79 Å². The Kier molecular flexibility index (Phi) is 4.99. The van der Waals surface area contributed by atoms with E-state index in [1.807, 2.05) is 49.4 Å². The lowest BCUT2D eigenvalue weighted by atomic mass is 10.1. The van der Waals surface area contributed by atoms with Crippen molar-refractivity contribution in [3.63, 3.8) is 0 Å². The van der Waals surface area contributed by atoms with Crippen LogP contribution in [0.15, 0.2) is 54.7 Å². The summed E-state index contributed by atoms with van der Waals surface area (Å²) in [6, 6.07) is 16.8. The predicted molar refractivity (Wildman–Crippen MR) is 96.2 cm³/mol. The topological polar surface area (TPSA) is 77.1 Å². The van der Waals surface area contributed by atoms with Gasteiger partial charge in [-0.15, -0.1) is 0 Å². The molecule has 0 N–H and O–H groups in total. The molecule has 0 spiro atoms. The van der Waals surface area contributed by atoms with Crippen molar-refractivity contribution in [1.82, 2.24) is 9.78 Å². The number of nitriles is 1. The van der Waals surface area contributed by atoms with E-state index in [0.29, 0.717) is 11.4 Å². The third-order valence-electron chi connectivity index (χ3n) is 3.84. The highest BCUT2D eigenvalue weighted by Crippen LogP contribution is 2.27. The van der Waals surface area contributed by atoms with Crippen molar-refractivity contribution in [1.29, 1.82) is 5.26 Å². The molecule has 6 heteroatoms. The number of carbonyl (C=O) groups excluding carboxylic acids is 1. The second kappa shape index (κ2) is 7.53. The Labute approximate surface area is 151 Å². The fourth-order valence-electron chi connectivity index (χ4n) is 2.51. The number of aromatic nitrogens is 2. The van der Waals surface area contributed by atoms with Gasteiger partial charge in [-0.3, -0.25) is 0 Å². The molecule has 2 aromatic carbocycles. The first kappa shape index (κ1) is 17.2. The van der Waals surface area contributed by atoms with Crippen LogP contribution in [0.1, 0.15) is 15.9 Å². The monoisotopic (exact) mass is 347 g/mol. The van der Waals surface area contributed by atoms with E-state index in [4.69, 9.17) is 14.7 Å². The number of nitrogens with zero attached hydrogens (tertiary/aromatic N) is 3. The van der Waals surface area contributed by atoms with Gasteiger partial charge in [0.1, 0.15) is 23.1 Å². The van der Waals surface area contributed by atoms with Crippen LogP contribution in [0.4, 0.5) is 0 Å². The van der Waals surface area contributed by atoms with E-state index < -0.39 is 5.97 Å². The maximum absolute atomic E-state index is 12.4. The second-order valence-electron chi connectivity index (χ2n) is 5.64. The normalized spacial score (nSPS) is 10.2. The number of rotatable bonds is 5. The molecule has 0 saturated heterocycles. The average Bonchev–Trinajstić information content (AvgIpc) is 3.12. The fourth-order valence-corrected chi connectivity index (χ4v) is 2.51. The molecule has 0 aliphatic rings. The molecule has 0 radical (unpaired) electrons. The Hall–Kier alpha value is -3.59. The molecule has 1 aromatic heterocycles. The molecular weight excluding hydrogens is 330 g/mol. The third kappa shape index (κ3) is 3.57. The number of esters is 1. The third-order valence-corrected chi connectivity index (χ3v) is 3.84. The Bertz CT molecular complexity index is 969. The molecule has 0 aliphatic heterocycles. The highest BCUT2D eigenvalue weighted by Gasteiger charge is 2.20. The van der Waals surface area contributed by atoms with Gasteiger partial charge in [-0.1, -0.05) is 29.8 Å². The molecule has 3 rings (SSSR count). The summed E-state index contributed by atoms with van der Waals surface area (Å²) in [4.78, 5) is 12.4. The number of hydrogen-bond acceptors (Lipinski definition) is 5. The molecule has 3 aromatic rings. The van der Waals surface area contributed by atoms with Crippen molar-refractivity contribution >= 4 is 5.97 Å². The molecule has 0 bridgehead atoms. The zero-order valence-electron chi connectivity index (χ0n) is 14.5. The van der Waals surface area contributed by atoms with Crippen molar-refractivity contribution in [2.24, 2.45) is 0 Å². The number of benzene rings is 2. The van der Waals surface area contributed by atoms with Crippen LogP contribution < -0.4 is 4.74 Å². The van der Waals surface area contributed by atoms with Crippen LogP contribution in [-0.4, -0.2) is 29.5 Å². The Morgan fingerprint density at radius 1 is 1.23 bits per heavy atom. The Morgan fingerprint density at radius 3 is 2.69 bits per heavy atom. The van der Waals surface area contributed by atoms with Gasteiger partial charge in [0.25, 0.3) is 0 Å². The fraction of sp³-hybridized carbons (Fsp3) is 0.150. The highest BCUT2D eigenvalue weighted by atomic mass is 16.5. The van der Waals surface area contributed by atoms with Crippen LogP contribution in [0.2, 0.25) is 0 Å². The van der Waals surface area contributed by atoms with Crippen molar-refractivity contribution in [3.05, 3.63) is 65.9 Å². The van der Waals surface area contributed by atoms with E-state index in [1.165, 1.54) is 0 Å². The summed E-state index contributed by atoms with van der Waals surface area (Å²) in [7, 11) is 1.58. The first-order valence-electron chi connectivity index (χ1n) is 7.97. The van der Waals surface area contributed by atoms with Gasteiger partial charge >= 0.3 is 5.97 Å². The van der Waals surface area contributed by atoms with Crippen LogP contribution in [-0.2, 0) is 4.74 Å². The van der Waals surface area contributed by atoms with Crippen molar-refractivity contribution in [2.75, 3.05) is 13.7 Å². The summed E-state index contributed by atoms with van der Waals surface area (Å²) in [5.74, 6) is 0.0615. The molecule has 0 fully saturated rings. The van der Waals surface area contributed by atoms with Crippen LogP contribution in [0, 0.1) is 18.3 Å². The number of aryl methyl sites for hydroxylation is 1. The SMILES string of the molecule is COc1cccc(-c2nn(-c3ccc(C)cc3)cc2C(=O)OCC#N)c1. The van der Waals surface area contributed by atoms with Gasteiger partial charge < -0.3 is 9.47 Å². The zero-order valence-corrected chi connectivity index (χ0v) is 14.5. The minimum Gasteiger partial charge on any atom is -0.497 e. The van der Waals surface area contributed by atoms with Crippen LogP contribution in [0.5, 0.6) is 5.75 Å². The molecule has 0 unspecified atom stereocenters. The lowest BCUT2D eigenvalue weighted by Crippen LogP contribution is -2.05. The smallest absolute Gasteiger partial charge is 0.343 e. The largest absolute Gasteiger partial charge is 0.497 e. The molecule has 130 valence electrons. The number of carbonyl (C=O) groups is 1. The maximum Gasteiger partial charge on any atom is 0.343 e. The minimum absolute atomic E-state index is 0.286. The van der Waals surface area contributed by atoms with E-state index in [0.717, 1.165) is 16.8 Å². The molecule has 1 heterocycles. The van der Waals surface area contributed by atoms with Gasteiger partial charge in [0.05, 0.1) is 12.8 Å². The van der Waals surface area contributed by atoms with Gasteiger partial charge in [0, 0.05) is 11.8 Å². The summed E-state index contributed by atoms with van der Waals surface area (Å²) < 4.78 is 11.9. The average molecular weight is 347 g/mol. The molecule has 0 aliphatic carbocycles. The standard InChI is InChI=1S/C20H17N3O3/c1-14-6-8-16(9-7-14)23-13-18(20(24)26-11-10-21)19(22-23)15-4-3-5-17(12-15)25-2/h3-9,12-13H,11H2,1-2H3. The lowest BCUT2D eigenvalue weighted by molar-refractivity contribution is 0.0556. The van der Waals surface area contributed by atoms with Crippen molar-refractivity contribution in [2.45, 2.75) is 6.92 Å². The zero-order chi connectivity index (χ0) is 18.5. The molecule has 6 nitrogen and oxygen atoms in total. The van der Waals surface area contributed by atoms with Gasteiger partial charge in [-0.05, 0) is 31.2 Å². The van der Waals surface area contributed by atoms with E-state index in [2.05, 4.69) is 5.10 Å².